The number of nitrogens with two attached hydrogens (primary N) is 1. The molecule has 1 aliphatic carbocycles. The first-order valence-corrected chi connectivity index (χ1v) is 5.52. The van der Waals surface area contributed by atoms with E-state index >= 15 is 0 Å². The summed E-state index contributed by atoms with van der Waals surface area (Å²) in [4.78, 5) is 4.29. The van der Waals surface area contributed by atoms with Gasteiger partial charge in [-0.2, -0.15) is 0 Å². The molecule has 1 aromatic heterocycles. The molecule has 0 radical (unpaired) electrons. The van der Waals surface area contributed by atoms with E-state index in [4.69, 9.17) is 5.73 Å². The molecule has 3 heteroatoms. The van der Waals surface area contributed by atoms with Crippen LogP contribution < -0.4 is 5.73 Å². The summed E-state index contributed by atoms with van der Waals surface area (Å²) in [5.74, 6) is 1.91. The highest BCUT2D eigenvalue weighted by Gasteiger charge is 2.28. The summed E-state index contributed by atoms with van der Waals surface area (Å²) in [5.41, 5.74) is 5.64. The van der Waals surface area contributed by atoms with E-state index in [2.05, 4.69) is 22.7 Å². The fourth-order valence-electron chi connectivity index (χ4n) is 2.67. The van der Waals surface area contributed by atoms with Crippen molar-refractivity contribution in [3.63, 3.8) is 0 Å². The molecular weight excluding hydrogens is 174 g/mol. The number of hydrogen-bond acceptors (Lipinski definition) is 2. The summed E-state index contributed by atoms with van der Waals surface area (Å²) in [6, 6.07) is 0.654. The highest BCUT2D eigenvalue weighted by molar-refractivity contribution is 4.96. The van der Waals surface area contributed by atoms with Gasteiger partial charge in [0.15, 0.2) is 0 Å². The van der Waals surface area contributed by atoms with Crippen LogP contribution in [0.3, 0.4) is 0 Å². The van der Waals surface area contributed by atoms with Gasteiger partial charge in [-0.3, -0.25) is 0 Å². The van der Waals surface area contributed by atoms with Crippen molar-refractivity contribution in [1.82, 2.24) is 9.55 Å². The molecule has 1 saturated carbocycles. The van der Waals surface area contributed by atoms with Gasteiger partial charge in [-0.1, -0.05) is 6.42 Å². The van der Waals surface area contributed by atoms with Gasteiger partial charge in [-0.25, -0.2) is 4.98 Å². The van der Waals surface area contributed by atoms with Gasteiger partial charge in [-0.15, -0.1) is 0 Å². The lowest BCUT2D eigenvalue weighted by molar-refractivity contribution is 0.357. The maximum Gasteiger partial charge on any atom is 0.105 e. The molecule has 2 atom stereocenters. The fraction of sp³-hybridized carbons (Fsp3) is 0.727. The van der Waals surface area contributed by atoms with E-state index in [0.717, 1.165) is 24.7 Å². The number of nitrogens with zero attached hydrogens (tertiary/aromatic N) is 2. The Morgan fingerprint density at radius 1 is 1.57 bits per heavy atom. The van der Waals surface area contributed by atoms with Gasteiger partial charge < -0.3 is 10.3 Å². The summed E-state index contributed by atoms with van der Waals surface area (Å²) in [6.07, 6.45) is 9.12. The molecule has 0 spiro atoms. The van der Waals surface area contributed by atoms with Gasteiger partial charge in [0.25, 0.3) is 0 Å². The van der Waals surface area contributed by atoms with Crippen molar-refractivity contribution in [3.8, 4) is 0 Å². The number of aromatic nitrogens is 2. The minimum atomic E-state index is 0.654. The second-order valence-corrected chi connectivity index (χ2v) is 4.22. The molecule has 3 nitrogen and oxygen atoms in total. The molecule has 0 bridgehead atoms. The Morgan fingerprint density at radius 2 is 2.43 bits per heavy atom. The first kappa shape index (κ1) is 9.71. The third-order valence-corrected chi connectivity index (χ3v) is 3.38. The second-order valence-electron chi connectivity index (χ2n) is 4.22. The Kier molecular flexibility index (Phi) is 2.87. The van der Waals surface area contributed by atoms with E-state index in [1.54, 1.807) is 0 Å². The minimum absolute atomic E-state index is 0.654. The van der Waals surface area contributed by atoms with E-state index < -0.39 is 0 Å². The first-order valence-electron chi connectivity index (χ1n) is 5.52. The Balaban J connectivity index is 2.13. The van der Waals surface area contributed by atoms with Crippen molar-refractivity contribution >= 4 is 0 Å². The molecule has 1 fully saturated rings. The summed E-state index contributed by atoms with van der Waals surface area (Å²) in [6.45, 7) is 2.90. The van der Waals surface area contributed by atoms with E-state index in [1.807, 2.05) is 6.20 Å². The molecule has 78 valence electrons. The van der Waals surface area contributed by atoms with Gasteiger partial charge in [-0.05, 0) is 38.6 Å². The van der Waals surface area contributed by atoms with Crippen LogP contribution in [-0.2, 0) is 0 Å². The Hall–Kier alpha value is -0.830. The topological polar surface area (TPSA) is 43.8 Å². The number of rotatable bonds is 3. The number of imidazole rings is 1. The average molecular weight is 193 g/mol. The van der Waals surface area contributed by atoms with Crippen molar-refractivity contribution in [1.29, 1.82) is 0 Å². The summed E-state index contributed by atoms with van der Waals surface area (Å²) < 4.78 is 2.33. The molecule has 0 aromatic carbocycles. The molecule has 2 unspecified atom stereocenters. The summed E-state index contributed by atoms with van der Waals surface area (Å²) in [7, 11) is 0. The predicted octanol–water partition coefficient (Wildman–Crippen LogP) is 1.88. The van der Waals surface area contributed by atoms with Crippen LogP contribution in [0.2, 0.25) is 0 Å². The van der Waals surface area contributed by atoms with Crippen LogP contribution in [0.4, 0.5) is 0 Å². The van der Waals surface area contributed by atoms with E-state index in [-0.39, 0.29) is 0 Å². The smallest absolute Gasteiger partial charge is 0.105 e. The molecular formula is C11H19N3. The first-order chi connectivity index (χ1) is 6.83. The van der Waals surface area contributed by atoms with Crippen LogP contribution in [0.5, 0.6) is 0 Å². The number of aryl methyl sites for hydroxylation is 1. The molecule has 1 aliphatic rings. The van der Waals surface area contributed by atoms with Crippen molar-refractivity contribution < 1.29 is 0 Å². The third-order valence-electron chi connectivity index (χ3n) is 3.38. The standard InChI is InChI=1S/C11H19N3/c1-9-13-7-8-14(9)11-4-2-3-10(11)5-6-12/h7-8,10-11H,2-6,12H2,1H3. The van der Waals surface area contributed by atoms with Gasteiger partial charge in [0.1, 0.15) is 5.82 Å². The van der Waals surface area contributed by atoms with Gasteiger partial charge in [0, 0.05) is 18.4 Å². The van der Waals surface area contributed by atoms with Crippen LogP contribution in [0.1, 0.15) is 37.5 Å². The van der Waals surface area contributed by atoms with Crippen LogP contribution in [-0.4, -0.2) is 16.1 Å². The van der Waals surface area contributed by atoms with Crippen molar-refractivity contribution in [2.75, 3.05) is 6.54 Å². The van der Waals surface area contributed by atoms with E-state index in [0.29, 0.717) is 6.04 Å². The zero-order valence-corrected chi connectivity index (χ0v) is 8.82. The van der Waals surface area contributed by atoms with Crippen LogP contribution in [0.25, 0.3) is 0 Å². The maximum absolute atomic E-state index is 5.64. The number of hydrogen-bond donors (Lipinski definition) is 1. The fourth-order valence-corrected chi connectivity index (χ4v) is 2.67. The largest absolute Gasteiger partial charge is 0.332 e. The van der Waals surface area contributed by atoms with Crippen LogP contribution in [0.15, 0.2) is 12.4 Å². The average Bonchev–Trinajstić information content (AvgIpc) is 2.74. The predicted molar refractivity (Wildman–Crippen MR) is 57.0 cm³/mol. The quantitative estimate of drug-likeness (QED) is 0.796. The summed E-state index contributed by atoms with van der Waals surface area (Å²) in [5, 5.41) is 0. The lowest BCUT2D eigenvalue weighted by Crippen LogP contribution is -2.17. The van der Waals surface area contributed by atoms with Crippen molar-refractivity contribution in [2.45, 2.75) is 38.6 Å². The maximum atomic E-state index is 5.64. The SMILES string of the molecule is Cc1nccn1C1CCCC1CCN. The van der Waals surface area contributed by atoms with E-state index in [1.165, 1.54) is 19.3 Å². The molecule has 2 N–H and O–H groups in total. The second kappa shape index (κ2) is 4.13. The van der Waals surface area contributed by atoms with Gasteiger partial charge in [0.2, 0.25) is 0 Å². The van der Waals surface area contributed by atoms with Crippen molar-refractivity contribution in [2.24, 2.45) is 11.7 Å². The Labute approximate surface area is 85.3 Å². The Bertz CT molecular complexity index is 292. The monoisotopic (exact) mass is 193 g/mol. The third kappa shape index (κ3) is 1.69. The lowest BCUT2D eigenvalue weighted by Gasteiger charge is -2.21. The zero-order chi connectivity index (χ0) is 9.97. The molecule has 2 rings (SSSR count). The molecule has 0 aliphatic heterocycles. The zero-order valence-electron chi connectivity index (χ0n) is 8.82. The lowest BCUT2D eigenvalue weighted by atomic mass is 9.99. The van der Waals surface area contributed by atoms with Gasteiger partial charge >= 0.3 is 0 Å². The van der Waals surface area contributed by atoms with Crippen LogP contribution in [0, 0.1) is 12.8 Å². The van der Waals surface area contributed by atoms with Crippen LogP contribution >= 0.6 is 0 Å². The molecule has 0 saturated heterocycles. The summed E-state index contributed by atoms with van der Waals surface area (Å²) >= 11 is 0. The van der Waals surface area contributed by atoms with E-state index in [9.17, 15) is 0 Å². The molecule has 0 amide bonds. The Morgan fingerprint density at radius 3 is 3.07 bits per heavy atom. The highest BCUT2D eigenvalue weighted by atomic mass is 15.1. The van der Waals surface area contributed by atoms with Gasteiger partial charge in [0.05, 0.1) is 0 Å². The molecule has 14 heavy (non-hydrogen) atoms. The molecule has 1 heterocycles. The normalized spacial score (nSPS) is 27.0. The highest BCUT2D eigenvalue weighted by Crippen LogP contribution is 2.37. The minimum Gasteiger partial charge on any atom is -0.332 e. The van der Waals surface area contributed by atoms with Crippen molar-refractivity contribution in [3.05, 3.63) is 18.2 Å². The molecule has 1 aromatic rings.